The van der Waals surface area contributed by atoms with Gasteiger partial charge in [0.2, 0.25) is 5.91 Å². The van der Waals surface area contributed by atoms with E-state index in [9.17, 15) is 14.4 Å². The predicted molar refractivity (Wildman–Crippen MR) is 123 cm³/mol. The van der Waals surface area contributed by atoms with E-state index < -0.39 is 17.8 Å². The summed E-state index contributed by atoms with van der Waals surface area (Å²) in [7, 11) is 3.06. The number of methoxy groups -OCH3 is 2. The minimum atomic E-state index is -0.621. The number of anilines is 1. The lowest BCUT2D eigenvalue weighted by atomic mass is 10.1. The fourth-order valence-electron chi connectivity index (χ4n) is 2.79. The third-order valence-corrected chi connectivity index (χ3v) is 5.41. The average molecular weight is 462 g/mol. The van der Waals surface area contributed by atoms with Gasteiger partial charge in [-0.05, 0) is 57.0 Å². The van der Waals surface area contributed by atoms with Gasteiger partial charge in [-0.3, -0.25) is 4.79 Å². The van der Waals surface area contributed by atoms with E-state index in [1.807, 2.05) is 0 Å². The molecule has 1 N–H and O–H groups in total. The first kappa shape index (κ1) is 24.9. The molecule has 1 aromatic carbocycles. The van der Waals surface area contributed by atoms with Gasteiger partial charge in [0, 0.05) is 6.08 Å². The predicted octanol–water partition coefficient (Wildman–Crippen LogP) is 4.47. The molecule has 0 radical (unpaired) electrons. The van der Waals surface area contributed by atoms with Crippen LogP contribution < -0.4 is 14.8 Å². The van der Waals surface area contributed by atoms with Crippen molar-refractivity contribution in [1.29, 1.82) is 0 Å². The smallest absolute Gasteiger partial charge is 0.348 e. The van der Waals surface area contributed by atoms with Crippen LogP contribution in [-0.4, -0.2) is 44.8 Å². The number of esters is 2. The zero-order valence-corrected chi connectivity index (χ0v) is 19.8. The lowest BCUT2D eigenvalue weighted by Gasteiger charge is -2.08. The lowest BCUT2D eigenvalue weighted by Crippen LogP contribution is -2.13. The summed E-state index contributed by atoms with van der Waals surface area (Å²) in [5, 5.41) is 2.89. The molecule has 0 bridgehead atoms. The quantitative estimate of drug-likeness (QED) is 0.434. The highest BCUT2D eigenvalue weighted by Crippen LogP contribution is 2.34. The highest BCUT2D eigenvalue weighted by Gasteiger charge is 2.27. The molecule has 1 aromatic heterocycles. The van der Waals surface area contributed by atoms with Crippen LogP contribution in [0.25, 0.3) is 6.08 Å². The molecule has 0 saturated carbocycles. The summed E-state index contributed by atoms with van der Waals surface area (Å²) in [6.45, 7) is 6.92. The van der Waals surface area contributed by atoms with Crippen LogP contribution in [0.15, 0.2) is 24.3 Å². The zero-order chi connectivity index (χ0) is 23.8. The molecular weight excluding hydrogens is 434 g/mol. The number of benzene rings is 1. The maximum absolute atomic E-state index is 12.5. The van der Waals surface area contributed by atoms with Crippen LogP contribution in [0, 0.1) is 6.92 Å². The van der Waals surface area contributed by atoms with E-state index in [4.69, 9.17) is 18.9 Å². The third kappa shape index (κ3) is 6.10. The van der Waals surface area contributed by atoms with E-state index in [0.29, 0.717) is 22.6 Å². The number of hydrogen-bond donors (Lipinski definition) is 1. The number of amides is 1. The van der Waals surface area contributed by atoms with Crippen molar-refractivity contribution in [3.63, 3.8) is 0 Å². The molecule has 9 heteroatoms. The van der Waals surface area contributed by atoms with E-state index in [1.165, 1.54) is 20.3 Å². The van der Waals surface area contributed by atoms with Crippen molar-refractivity contribution < 1.29 is 33.3 Å². The van der Waals surface area contributed by atoms with Crippen LogP contribution in [0.3, 0.4) is 0 Å². The fraction of sp³-hybridized carbons (Fsp3) is 0.348. The van der Waals surface area contributed by atoms with Crippen molar-refractivity contribution in [3.05, 3.63) is 45.8 Å². The Morgan fingerprint density at radius 1 is 1.09 bits per heavy atom. The second-order valence-electron chi connectivity index (χ2n) is 6.87. The summed E-state index contributed by atoms with van der Waals surface area (Å²) >= 11 is 0.974. The Balaban J connectivity index is 2.30. The van der Waals surface area contributed by atoms with E-state index in [0.717, 1.165) is 11.3 Å². The first-order chi connectivity index (χ1) is 15.2. The van der Waals surface area contributed by atoms with E-state index in [1.54, 1.807) is 52.0 Å². The standard InChI is InChI=1S/C23H27NO7S/c1-7-30-22(26)19-14(4)20(23(27)31-13(2)3)32-21(19)24-18(25)11-9-15-8-10-16(28-5)17(12-15)29-6/h8-13H,7H2,1-6H3,(H,24,25). The third-order valence-electron chi connectivity index (χ3n) is 4.23. The number of carbonyl (C=O) groups is 3. The molecule has 1 heterocycles. The minimum Gasteiger partial charge on any atom is -0.493 e. The van der Waals surface area contributed by atoms with Crippen LogP contribution in [0.2, 0.25) is 0 Å². The molecule has 1 amide bonds. The van der Waals surface area contributed by atoms with E-state index >= 15 is 0 Å². The molecule has 2 aromatic rings. The SMILES string of the molecule is CCOC(=O)c1c(NC(=O)C=Cc2ccc(OC)c(OC)c2)sc(C(=O)OC(C)C)c1C. The zero-order valence-electron chi connectivity index (χ0n) is 18.9. The van der Waals surface area contributed by atoms with Gasteiger partial charge in [0.05, 0.1) is 32.5 Å². The van der Waals surface area contributed by atoms with Gasteiger partial charge in [-0.25, -0.2) is 9.59 Å². The highest BCUT2D eigenvalue weighted by atomic mass is 32.1. The number of rotatable bonds is 9. The van der Waals surface area contributed by atoms with Gasteiger partial charge in [0.1, 0.15) is 9.88 Å². The molecule has 32 heavy (non-hydrogen) atoms. The van der Waals surface area contributed by atoms with Crippen molar-refractivity contribution in [3.8, 4) is 11.5 Å². The summed E-state index contributed by atoms with van der Waals surface area (Å²) in [5.41, 5.74) is 1.26. The topological polar surface area (TPSA) is 100 Å². The summed E-state index contributed by atoms with van der Waals surface area (Å²) in [4.78, 5) is 37.7. The molecule has 0 atom stereocenters. The van der Waals surface area contributed by atoms with Crippen molar-refractivity contribution in [1.82, 2.24) is 0 Å². The fourth-order valence-corrected chi connectivity index (χ4v) is 3.88. The summed E-state index contributed by atoms with van der Waals surface area (Å²) in [5.74, 6) is -0.557. The molecule has 2 rings (SSSR count). The van der Waals surface area contributed by atoms with E-state index in [2.05, 4.69) is 5.32 Å². The molecule has 8 nitrogen and oxygen atoms in total. The van der Waals surface area contributed by atoms with Crippen molar-refractivity contribution in [2.75, 3.05) is 26.1 Å². The van der Waals surface area contributed by atoms with Crippen LogP contribution in [-0.2, 0) is 14.3 Å². The Hall–Kier alpha value is -3.33. The molecule has 0 aliphatic carbocycles. The number of nitrogens with one attached hydrogen (secondary N) is 1. The van der Waals surface area contributed by atoms with Gasteiger partial charge in [-0.2, -0.15) is 0 Å². The van der Waals surface area contributed by atoms with Gasteiger partial charge in [0.25, 0.3) is 0 Å². The molecule has 0 fully saturated rings. The van der Waals surface area contributed by atoms with Crippen molar-refractivity contribution >= 4 is 40.3 Å². The maximum atomic E-state index is 12.5. The van der Waals surface area contributed by atoms with Crippen LogP contribution in [0.1, 0.15) is 51.9 Å². The monoisotopic (exact) mass is 461 g/mol. The minimum absolute atomic E-state index is 0.139. The normalized spacial score (nSPS) is 10.8. The molecule has 0 unspecified atom stereocenters. The van der Waals surface area contributed by atoms with Gasteiger partial charge >= 0.3 is 11.9 Å². The van der Waals surface area contributed by atoms with Crippen LogP contribution in [0.4, 0.5) is 5.00 Å². The Labute approximate surface area is 191 Å². The van der Waals surface area contributed by atoms with Gasteiger partial charge in [0.15, 0.2) is 11.5 Å². The Kier molecular flexibility index (Phi) is 8.83. The Morgan fingerprint density at radius 2 is 1.78 bits per heavy atom. The second kappa shape index (κ2) is 11.3. The van der Waals surface area contributed by atoms with Gasteiger partial charge in [-0.1, -0.05) is 6.07 Å². The highest BCUT2D eigenvalue weighted by molar-refractivity contribution is 7.18. The van der Waals surface area contributed by atoms with Gasteiger partial charge in [-0.15, -0.1) is 11.3 Å². The van der Waals surface area contributed by atoms with Crippen molar-refractivity contribution in [2.24, 2.45) is 0 Å². The summed E-state index contributed by atoms with van der Waals surface area (Å²) < 4.78 is 20.8. The maximum Gasteiger partial charge on any atom is 0.348 e. The van der Waals surface area contributed by atoms with E-state index in [-0.39, 0.29) is 28.2 Å². The molecular formula is C23H27NO7S. The second-order valence-corrected chi connectivity index (χ2v) is 7.89. The summed E-state index contributed by atoms with van der Waals surface area (Å²) in [6, 6.07) is 5.22. The largest absolute Gasteiger partial charge is 0.493 e. The molecule has 0 saturated heterocycles. The first-order valence-electron chi connectivity index (χ1n) is 9.94. The molecule has 172 valence electrons. The van der Waals surface area contributed by atoms with Gasteiger partial charge < -0.3 is 24.3 Å². The first-order valence-corrected chi connectivity index (χ1v) is 10.8. The van der Waals surface area contributed by atoms with Crippen molar-refractivity contribution in [2.45, 2.75) is 33.8 Å². The number of thiophene rings is 1. The number of hydrogen-bond acceptors (Lipinski definition) is 8. The average Bonchev–Trinajstić information content (AvgIpc) is 3.07. The molecule has 0 aliphatic heterocycles. The Morgan fingerprint density at radius 3 is 2.38 bits per heavy atom. The number of ether oxygens (including phenoxy) is 4. The van der Waals surface area contributed by atoms with Crippen LogP contribution in [0.5, 0.6) is 11.5 Å². The summed E-state index contributed by atoms with van der Waals surface area (Å²) in [6.07, 6.45) is 2.59. The lowest BCUT2D eigenvalue weighted by molar-refractivity contribution is -0.111. The molecule has 0 aliphatic rings. The Bertz CT molecular complexity index is 1020. The van der Waals surface area contributed by atoms with Crippen LogP contribution >= 0.6 is 11.3 Å². The number of carbonyl (C=O) groups excluding carboxylic acids is 3. The molecule has 0 spiro atoms.